The van der Waals surface area contributed by atoms with Gasteiger partial charge < -0.3 is 0 Å². The second-order valence-electron chi connectivity index (χ2n) is 3.52. The summed E-state index contributed by atoms with van der Waals surface area (Å²) < 4.78 is 0. The lowest BCUT2D eigenvalue weighted by molar-refractivity contribution is 0.565. The maximum Gasteiger partial charge on any atom is 0.241 e. The van der Waals surface area contributed by atoms with Gasteiger partial charge in [-0.2, -0.15) is 4.99 Å². The maximum atomic E-state index is 9.79. The van der Waals surface area contributed by atoms with Gasteiger partial charge in [-0.05, 0) is 6.42 Å². The first-order valence-electron chi connectivity index (χ1n) is 5.46. The number of hydrogen-bond donors (Lipinski definition) is 1. The fourth-order valence-corrected chi connectivity index (χ4v) is 1.36. The molecule has 1 N–H and O–H groups in total. The topological polar surface area (TPSA) is 53.3 Å². The minimum absolute atomic E-state index is 0.161. The second-order valence-corrected chi connectivity index (χ2v) is 3.52. The molecule has 0 rings (SSSR count). The van der Waals surface area contributed by atoms with E-state index in [1.54, 1.807) is 0 Å². The fraction of sp³-hybridized carbons (Fsp3) is 0.818. The number of nitrogens with one attached hydrogen (secondary N) is 1. The highest BCUT2D eigenvalue weighted by Crippen LogP contribution is 2.08. The van der Waals surface area contributed by atoms with Crippen molar-refractivity contribution in [3.8, 4) is 0 Å². The number of unbranched alkanes of at least 4 members (excludes halogenated alkanes) is 6. The van der Waals surface area contributed by atoms with Crippen LogP contribution in [0.5, 0.6) is 0 Å². The van der Waals surface area contributed by atoms with Crippen molar-refractivity contribution in [1.29, 1.82) is 5.41 Å². The lowest BCUT2D eigenvalue weighted by Gasteiger charge is -1.99. The van der Waals surface area contributed by atoms with Crippen molar-refractivity contribution in [3.05, 3.63) is 0 Å². The lowest BCUT2D eigenvalue weighted by atomic mass is 10.1. The van der Waals surface area contributed by atoms with Crippen LogP contribution < -0.4 is 0 Å². The Balaban J connectivity index is 3.13. The van der Waals surface area contributed by atoms with Crippen LogP contribution in [0.15, 0.2) is 4.99 Å². The minimum atomic E-state index is 0.161. The summed E-state index contributed by atoms with van der Waals surface area (Å²) in [5.41, 5.74) is 0. The Morgan fingerprint density at radius 1 is 1.14 bits per heavy atom. The van der Waals surface area contributed by atoms with Crippen molar-refractivity contribution < 1.29 is 4.79 Å². The highest BCUT2D eigenvalue weighted by Gasteiger charge is 1.94. The van der Waals surface area contributed by atoms with Crippen LogP contribution in [0.1, 0.15) is 58.3 Å². The van der Waals surface area contributed by atoms with Crippen molar-refractivity contribution >= 4 is 11.9 Å². The molecule has 0 aromatic rings. The third-order valence-corrected chi connectivity index (χ3v) is 2.20. The molecule has 0 fully saturated rings. The quantitative estimate of drug-likeness (QED) is 0.275. The fourth-order valence-electron chi connectivity index (χ4n) is 1.36. The van der Waals surface area contributed by atoms with E-state index in [1.165, 1.54) is 38.2 Å². The molecule has 80 valence electrons. The standard InChI is InChI=1S/C11H20N2O/c1-2-3-4-5-6-7-8-9-11(12)13-10-14/h12H,2-9H2,1H3. The Kier molecular flexibility index (Phi) is 9.45. The molecule has 0 aromatic carbocycles. The molecule has 3 nitrogen and oxygen atoms in total. The van der Waals surface area contributed by atoms with E-state index in [9.17, 15) is 4.79 Å². The van der Waals surface area contributed by atoms with E-state index < -0.39 is 0 Å². The average molecular weight is 196 g/mol. The van der Waals surface area contributed by atoms with Gasteiger partial charge in [0.1, 0.15) is 5.84 Å². The summed E-state index contributed by atoms with van der Waals surface area (Å²) >= 11 is 0. The summed E-state index contributed by atoms with van der Waals surface area (Å²) in [5.74, 6) is 0.161. The van der Waals surface area contributed by atoms with E-state index in [0.29, 0.717) is 6.42 Å². The maximum absolute atomic E-state index is 9.79. The zero-order valence-electron chi connectivity index (χ0n) is 9.01. The van der Waals surface area contributed by atoms with Crippen molar-refractivity contribution in [1.82, 2.24) is 0 Å². The Morgan fingerprint density at radius 2 is 1.71 bits per heavy atom. The largest absolute Gasteiger partial charge is 0.286 e. The lowest BCUT2D eigenvalue weighted by Crippen LogP contribution is -1.90. The summed E-state index contributed by atoms with van der Waals surface area (Å²) in [6.45, 7) is 2.21. The molecule has 0 aliphatic rings. The number of nitrogens with zero attached hydrogens (tertiary/aromatic N) is 1. The highest BCUT2D eigenvalue weighted by molar-refractivity contribution is 5.83. The number of rotatable bonds is 8. The second kappa shape index (κ2) is 10.1. The number of amidine groups is 1. The van der Waals surface area contributed by atoms with Crippen molar-refractivity contribution in [3.63, 3.8) is 0 Å². The molecule has 0 aromatic heterocycles. The molecule has 0 spiro atoms. The molecule has 0 unspecified atom stereocenters. The van der Waals surface area contributed by atoms with Crippen LogP contribution in [0.3, 0.4) is 0 Å². The molecule has 0 atom stereocenters. The van der Waals surface area contributed by atoms with Gasteiger partial charge in [-0.1, -0.05) is 45.4 Å². The van der Waals surface area contributed by atoms with Crippen LogP contribution in [-0.4, -0.2) is 11.9 Å². The number of aliphatic imine (C=N–C) groups is 1. The van der Waals surface area contributed by atoms with Crippen molar-refractivity contribution in [2.75, 3.05) is 0 Å². The van der Waals surface area contributed by atoms with Crippen LogP contribution in [-0.2, 0) is 4.79 Å². The molecule has 3 heteroatoms. The number of isocyanates is 1. The van der Waals surface area contributed by atoms with Gasteiger partial charge in [0.2, 0.25) is 6.08 Å². The predicted molar refractivity (Wildman–Crippen MR) is 58.5 cm³/mol. The molecular formula is C11H20N2O. The summed E-state index contributed by atoms with van der Waals surface area (Å²) in [4.78, 5) is 13.0. The Morgan fingerprint density at radius 3 is 2.29 bits per heavy atom. The van der Waals surface area contributed by atoms with E-state index in [2.05, 4.69) is 11.9 Å². The summed E-state index contributed by atoms with van der Waals surface area (Å²) in [7, 11) is 0. The highest BCUT2D eigenvalue weighted by atomic mass is 16.1. The van der Waals surface area contributed by atoms with Crippen LogP contribution in [0.4, 0.5) is 0 Å². The van der Waals surface area contributed by atoms with Gasteiger partial charge in [-0.3, -0.25) is 5.41 Å². The molecule has 14 heavy (non-hydrogen) atoms. The van der Waals surface area contributed by atoms with Gasteiger partial charge in [0.05, 0.1) is 0 Å². The molecule has 0 amide bonds. The molecule has 0 saturated heterocycles. The molecular weight excluding hydrogens is 176 g/mol. The third kappa shape index (κ3) is 9.14. The summed E-state index contributed by atoms with van der Waals surface area (Å²) in [6, 6.07) is 0. The van der Waals surface area contributed by atoms with E-state index in [4.69, 9.17) is 5.41 Å². The average Bonchev–Trinajstić information content (AvgIpc) is 2.17. The van der Waals surface area contributed by atoms with Gasteiger partial charge >= 0.3 is 0 Å². The molecule has 0 radical (unpaired) electrons. The Bertz CT molecular complexity index is 195. The summed E-state index contributed by atoms with van der Waals surface area (Å²) in [5, 5.41) is 7.21. The SMILES string of the molecule is CCCCCCCCCC(=N)N=C=O. The summed E-state index contributed by atoms with van der Waals surface area (Å²) in [6.07, 6.45) is 10.6. The first-order chi connectivity index (χ1) is 6.81. The van der Waals surface area contributed by atoms with E-state index >= 15 is 0 Å². The molecule has 0 heterocycles. The zero-order chi connectivity index (χ0) is 10.6. The molecule has 0 aliphatic carbocycles. The molecule has 0 aliphatic heterocycles. The predicted octanol–water partition coefficient (Wildman–Crippen LogP) is 3.44. The van der Waals surface area contributed by atoms with Crippen LogP contribution in [0.25, 0.3) is 0 Å². The molecule has 0 bridgehead atoms. The van der Waals surface area contributed by atoms with Gasteiger partial charge in [0.15, 0.2) is 0 Å². The molecule has 0 saturated carbocycles. The van der Waals surface area contributed by atoms with E-state index in [0.717, 1.165) is 12.8 Å². The smallest absolute Gasteiger partial charge is 0.241 e. The van der Waals surface area contributed by atoms with E-state index in [-0.39, 0.29) is 5.84 Å². The van der Waals surface area contributed by atoms with E-state index in [1.807, 2.05) is 0 Å². The minimum Gasteiger partial charge on any atom is -0.286 e. The zero-order valence-corrected chi connectivity index (χ0v) is 9.01. The number of carbonyl (C=O) groups excluding carboxylic acids is 1. The van der Waals surface area contributed by atoms with Crippen LogP contribution in [0.2, 0.25) is 0 Å². The van der Waals surface area contributed by atoms with Gasteiger partial charge in [0, 0.05) is 6.42 Å². The Labute approximate surface area is 86.1 Å². The number of hydrogen-bond acceptors (Lipinski definition) is 2. The van der Waals surface area contributed by atoms with Crippen molar-refractivity contribution in [2.24, 2.45) is 4.99 Å². The Hall–Kier alpha value is -0.950. The van der Waals surface area contributed by atoms with Gasteiger partial charge in [0.25, 0.3) is 0 Å². The monoisotopic (exact) mass is 196 g/mol. The third-order valence-electron chi connectivity index (χ3n) is 2.20. The van der Waals surface area contributed by atoms with Crippen molar-refractivity contribution in [2.45, 2.75) is 58.3 Å². The van der Waals surface area contributed by atoms with Gasteiger partial charge in [-0.25, -0.2) is 4.79 Å². The first-order valence-corrected chi connectivity index (χ1v) is 5.46. The van der Waals surface area contributed by atoms with Crippen LogP contribution in [0, 0.1) is 5.41 Å². The first kappa shape index (κ1) is 13.1. The normalized spacial score (nSPS) is 9.50. The van der Waals surface area contributed by atoms with Gasteiger partial charge in [-0.15, -0.1) is 0 Å². The van der Waals surface area contributed by atoms with Crippen LogP contribution >= 0.6 is 0 Å².